The van der Waals surface area contributed by atoms with Gasteiger partial charge >= 0.3 is 6.09 Å². The second-order valence-corrected chi connectivity index (χ2v) is 11.5. The Hall–Kier alpha value is -0.860. The number of nitrogens with two attached hydrogens (primary N) is 1. The standard InChI is InChI=1S/C17H30N2O5S/c1-15(2,3)24-14(20)19-8-4-7-16(18,11-19)17(21)9-12-5-6-13(10-17)25(12,22)23/h12-13,21H,4-11,18H2,1-3H3. The molecule has 0 aromatic rings. The van der Waals surface area contributed by atoms with Gasteiger partial charge in [0, 0.05) is 13.1 Å². The third kappa shape index (κ3) is 3.28. The first-order chi connectivity index (χ1) is 11.4. The summed E-state index contributed by atoms with van der Waals surface area (Å²) >= 11 is 0. The smallest absolute Gasteiger partial charge is 0.410 e. The Balaban J connectivity index is 1.78. The summed E-state index contributed by atoms with van der Waals surface area (Å²) in [7, 11) is -3.14. The minimum absolute atomic E-state index is 0.171. The summed E-state index contributed by atoms with van der Waals surface area (Å²) < 4.78 is 30.1. The van der Waals surface area contributed by atoms with Gasteiger partial charge in [-0.15, -0.1) is 0 Å². The maximum atomic E-state index is 12.4. The van der Waals surface area contributed by atoms with Crippen LogP contribution >= 0.6 is 0 Å². The minimum Gasteiger partial charge on any atom is -0.444 e. The highest BCUT2D eigenvalue weighted by Crippen LogP contribution is 2.48. The summed E-state index contributed by atoms with van der Waals surface area (Å²) in [6.07, 6.45) is 2.34. The van der Waals surface area contributed by atoms with Crippen molar-refractivity contribution < 1.29 is 23.1 Å². The summed E-state index contributed by atoms with van der Waals surface area (Å²) in [4.78, 5) is 14.0. The van der Waals surface area contributed by atoms with Crippen LogP contribution in [0.5, 0.6) is 0 Å². The van der Waals surface area contributed by atoms with Crippen molar-refractivity contribution in [3.63, 3.8) is 0 Å². The molecule has 25 heavy (non-hydrogen) atoms. The zero-order chi connectivity index (χ0) is 18.7. The molecule has 3 aliphatic rings. The van der Waals surface area contributed by atoms with E-state index in [0.29, 0.717) is 32.2 Å². The molecule has 3 heterocycles. The van der Waals surface area contributed by atoms with Crippen molar-refractivity contribution in [3.8, 4) is 0 Å². The average Bonchev–Trinajstić information content (AvgIpc) is 2.64. The van der Waals surface area contributed by atoms with Gasteiger partial charge < -0.3 is 20.5 Å². The number of fused-ring (bicyclic) bond motifs is 2. The highest BCUT2D eigenvalue weighted by molar-refractivity contribution is 7.93. The van der Waals surface area contributed by atoms with Crippen LogP contribution in [0.25, 0.3) is 0 Å². The van der Waals surface area contributed by atoms with E-state index < -0.39 is 43.2 Å². The zero-order valence-corrected chi connectivity index (χ0v) is 16.1. The minimum atomic E-state index is -3.14. The Morgan fingerprint density at radius 2 is 1.80 bits per heavy atom. The number of carbonyl (C=O) groups is 1. The number of hydrogen-bond donors (Lipinski definition) is 2. The molecule has 0 saturated carbocycles. The van der Waals surface area contributed by atoms with Gasteiger partial charge in [0.25, 0.3) is 0 Å². The molecule has 144 valence electrons. The van der Waals surface area contributed by atoms with Gasteiger partial charge in [0.2, 0.25) is 0 Å². The topological polar surface area (TPSA) is 110 Å². The van der Waals surface area contributed by atoms with Gasteiger partial charge in [-0.05, 0) is 59.3 Å². The molecule has 0 aromatic heterocycles. The van der Waals surface area contributed by atoms with Crippen LogP contribution in [0.4, 0.5) is 4.79 Å². The van der Waals surface area contributed by atoms with E-state index in [9.17, 15) is 18.3 Å². The number of carbonyl (C=O) groups excluding carboxylic acids is 1. The molecule has 2 bridgehead atoms. The molecule has 3 fully saturated rings. The zero-order valence-electron chi connectivity index (χ0n) is 15.3. The van der Waals surface area contributed by atoms with Crippen molar-refractivity contribution in [2.75, 3.05) is 13.1 Å². The molecule has 7 nitrogen and oxygen atoms in total. The Morgan fingerprint density at radius 3 is 2.32 bits per heavy atom. The number of ether oxygens (including phenoxy) is 1. The maximum absolute atomic E-state index is 12.4. The highest BCUT2D eigenvalue weighted by atomic mass is 32.2. The summed E-state index contributed by atoms with van der Waals surface area (Å²) in [5.41, 5.74) is 3.75. The Morgan fingerprint density at radius 1 is 1.24 bits per heavy atom. The van der Waals surface area contributed by atoms with Crippen LogP contribution in [0, 0.1) is 0 Å². The number of amides is 1. The van der Waals surface area contributed by atoms with Gasteiger partial charge in [-0.3, -0.25) is 0 Å². The summed E-state index contributed by atoms with van der Waals surface area (Å²) in [6.45, 7) is 6.15. The number of likely N-dealkylation sites (tertiary alicyclic amines) is 1. The van der Waals surface area contributed by atoms with E-state index in [1.165, 1.54) is 0 Å². The maximum Gasteiger partial charge on any atom is 0.410 e. The SMILES string of the molecule is CC(C)(C)OC(=O)N1CCCC(N)(C2(O)CC3CCC(C2)S3(=O)=O)C1. The first kappa shape index (κ1) is 18.9. The van der Waals surface area contributed by atoms with Crippen LogP contribution in [0.1, 0.15) is 59.3 Å². The number of nitrogens with zero attached hydrogens (tertiary/aromatic N) is 1. The molecule has 3 aliphatic heterocycles. The van der Waals surface area contributed by atoms with Gasteiger partial charge in [0.05, 0.1) is 21.6 Å². The van der Waals surface area contributed by atoms with Crippen molar-refractivity contribution in [2.45, 2.75) is 86.5 Å². The molecule has 0 aliphatic carbocycles. The molecule has 8 heteroatoms. The summed E-state index contributed by atoms with van der Waals surface area (Å²) in [5.74, 6) is 0. The molecule has 1 amide bonds. The lowest BCUT2D eigenvalue weighted by molar-refractivity contribution is -0.0791. The summed E-state index contributed by atoms with van der Waals surface area (Å²) in [6, 6.07) is 0. The molecule has 3 saturated heterocycles. The van der Waals surface area contributed by atoms with E-state index in [-0.39, 0.29) is 19.4 Å². The Bertz CT molecular complexity index is 636. The third-order valence-corrected chi connectivity index (χ3v) is 8.64. The van der Waals surface area contributed by atoms with Crippen LogP contribution in [0.15, 0.2) is 0 Å². The van der Waals surface area contributed by atoms with Gasteiger partial charge in [-0.2, -0.15) is 0 Å². The molecular weight excluding hydrogens is 344 g/mol. The first-order valence-corrected chi connectivity index (χ1v) is 10.7. The fraction of sp³-hybridized carbons (Fsp3) is 0.941. The number of aliphatic hydroxyl groups is 1. The van der Waals surface area contributed by atoms with Gasteiger partial charge in [-0.25, -0.2) is 13.2 Å². The lowest BCUT2D eigenvalue weighted by Gasteiger charge is -2.52. The molecule has 3 rings (SSSR count). The second-order valence-electron chi connectivity index (χ2n) is 9.01. The fourth-order valence-corrected chi connectivity index (χ4v) is 7.09. The molecule has 0 spiro atoms. The van der Waals surface area contributed by atoms with Crippen molar-refractivity contribution >= 4 is 15.9 Å². The fourth-order valence-electron chi connectivity index (χ4n) is 4.60. The van der Waals surface area contributed by atoms with Gasteiger partial charge in [0.15, 0.2) is 9.84 Å². The average molecular weight is 375 g/mol. The molecule has 0 radical (unpaired) electrons. The number of rotatable bonds is 1. The highest BCUT2D eigenvalue weighted by Gasteiger charge is 2.60. The van der Waals surface area contributed by atoms with Crippen LogP contribution in [0.3, 0.4) is 0 Å². The number of piperidine rings is 1. The Labute approximate surface area is 149 Å². The van der Waals surface area contributed by atoms with Gasteiger partial charge in [-0.1, -0.05) is 0 Å². The molecule has 3 unspecified atom stereocenters. The number of sulfone groups is 1. The molecule has 3 atom stereocenters. The van der Waals surface area contributed by atoms with E-state index in [1.807, 2.05) is 20.8 Å². The van der Waals surface area contributed by atoms with Crippen LogP contribution in [0.2, 0.25) is 0 Å². The second kappa shape index (κ2) is 5.82. The van der Waals surface area contributed by atoms with Crippen LogP contribution in [-0.2, 0) is 14.6 Å². The van der Waals surface area contributed by atoms with Gasteiger partial charge in [0.1, 0.15) is 5.60 Å². The van der Waals surface area contributed by atoms with E-state index in [2.05, 4.69) is 0 Å². The summed E-state index contributed by atoms with van der Waals surface area (Å²) in [5, 5.41) is 10.3. The lowest BCUT2D eigenvalue weighted by atomic mass is 9.70. The van der Waals surface area contributed by atoms with Crippen molar-refractivity contribution in [3.05, 3.63) is 0 Å². The Kier molecular flexibility index (Phi) is 4.41. The normalized spacial score (nSPS) is 40.8. The van der Waals surface area contributed by atoms with Crippen LogP contribution in [-0.4, -0.2) is 64.8 Å². The molecule has 0 aromatic carbocycles. The molecular formula is C17H30N2O5S. The molecule has 3 N–H and O–H groups in total. The van der Waals surface area contributed by atoms with Crippen molar-refractivity contribution in [2.24, 2.45) is 5.73 Å². The third-order valence-electron chi connectivity index (χ3n) is 5.97. The quantitative estimate of drug-likeness (QED) is 0.713. The van der Waals surface area contributed by atoms with Crippen molar-refractivity contribution in [1.29, 1.82) is 0 Å². The monoisotopic (exact) mass is 374 g/mol. The van der Waals surface area contributed by atoms with Crippen LogP contribution < -0.4 is 5.73 Å². The van der Waals surface area contributed by atoms with E-state index in [1.54, 1.807) is 4.90 Å². The number of hydrogen-bond acceptors (Lipinski definition) is 6. The lowest BCUT2D eigenvalue weighted by Crippen LogP contribution is -2.71. The van der Waals surface area contributed by atoms with E-state index in [0.717, 1.165) is 0 Å². The first-order valence-electron chi connectivity index (χ1n) is 9.08. The van der Waals surface area contributed by atoms with Crippen molar-refractivity contribution in [1.82, 2.24) is 4.90 Å². The predicted molar refractivity (Wildman–Crippen MR) is 93.9 cm³/mol. The predicted octanol–water partition coefficient (Wildman–Crippen LogP) is 1.19. The largest absolute Gasteiger partial charge is 0.444 e. The van der Waals surface area contributed by atoms with E-state index in [4.69, 9.17) is 10.5 Å². The van der Waals surface area contributed by atoms with E-state index >= 15 is 0 Å².